The molecule has 128 valence electrons. The normalized spacial score (nSPS) is 11.0. The van der Waals surface area contributed by atoms with E-state index in [2.05, 4.69) is 5.32 Å². The molecule has 0 aliphatic heterocycles. The van der Waals surface area contributed by atoms with Crippen LogP contribution in [0.25, 0.3) is 0 Å². The van der Waals surface area contributed by atoms with Gasteiger partial charge < -0.3 is 24.6 Å². The smallest absolute Gasteiger partial charge is 0.359 e. The predicted octanol–water partition coefficient (Wildman–Crippen LogP) is 1.19. The number of carbonyl (C=O) groups is 1. The minimum absolute atomic E-state index is 0.0155. The Kier molecular flexibility index (Phi) is 5.98. The Bertz CT molecular complexity index is 758. The Morgan fingerprint density at radius 1 is 1.08 bits per heavy atom. The van der Waals surface area contributed by atoms with Crippen molar-refractivity contribution in [2.24, 2.45) is 0 Å². The second-order valence-corrected chi connectivity index (χ2v) is 6.46. The second kappa shape index (κ2) is 7.97. The van der Waals surface area contributed by atoms with Crippen LogP contribution in [0, 0.1) is 0 Å². The fourth-order valence-corrected chi connectivity index (χ4v) is 2.76. The average molecular weight is 351 g/mol. The monoisotopic (exact) mass is 351 g/mol. The van der Waals surface area contributed by atoms with Gasteiger partial charge in [0.2, 0.25) is 0 Å². The van der Waals surface area contributed by atoms with Crippen LogP contribution < -0.4 is 20.1 Å². The summed E-state index contributed by atoms with van der Waals surface area (Å²) in [5.41, 5.74) is 0.809. The Balaban J connectivity index is 1.94. The van der Waals surface area contributed by atoms with Crippen LogP contribution in [-0.2, 0) is 15.9 Å². The molecular formula is C16H18NO6P. The first-order valence-corrected chi connectivity index (χ1v) is 8.69. The van der Waals surface area contributed by atoms with Gasteiger partial charge in [0.05, 0.1) is 7.11 Å². The molecule has 2 aromatic rings. The lowest BCUT2D eigenvalue weighted by Gasteiger charge is -2.13. The quantitative estimate of drug-likeness (QED) is 0.647. The largest absolute Gasteiger partial charge is 0.496 e. The lowest BCUT2D eigenvalue weighted by molar-refractivity contribution is -0.123. The third-order valence-electron chi connectivity index (χ3n) is 3.21. The minimum atomic E-state index is -4.46. The zero-order valence-electron chi connectivity index (χ0n) is 13.0. The molecular weight excluding hydrogens is 333 g/mol. The lowest BCUT2D eigenvalue weighted by Crippen LogP contribution is -2.29. The van der Waals surface area contributed by atoms with Crippen molar-refractivity contribution >= 4 is 18.8 Å². The van der Waals surface area contributed by atoms with Gasteiger partial charge in [-0.25, -0.2) is 0 Å². The number of carbonyl (C=O) groups excluding carboxylic acids is 1. The van der Waals surface area contributed by atoms with Gasteiger partial charge in [-0.2, -0.15) is 0 Å². The second-order valence-electron chi connectivity index (χ2n) is 4.89. The fraction of sp³-hybridized carbons (Fsp3) is 0.188. The summed E-state index contributed by atoms with van der Waals surface area (Å²) in [5, 5.41) is 2.42. The van der Waals surface area contributed by atoms with Gasteiger partial charge in [0.1, 0.15) is 16.8 Å². The van der Waals surface area contributed by atoms with E-state index >= 15 is 0 Å². The zero-order valence-corrected chi connectivity index (χ0v) is 13.9. The summed E-state index contributed by atoms with van der Waals surface area (Å²) in [6, 6.07) is 13.0. The maximum atomic E-state index is 11.9. The number of para-hydroxylation sites is 2. The Labute approximate surface area is 139 Å². The van der Waals surface area contributed by atoms with E-state index in [9.17, 15) is 19.1 Å². The van der Waals surface area contributed by atoms with Gasteiger partial charge in [-0.15, -0.1) is 0 Å². The van der Waals surface area contributed by atoms with Crippen molar-refractivity contribution in [3.05, 3.63) is 54.1 Å². The Morgan fingerprint density at radius 2 is 1.71 bits per heavy atom. The van der Waals surface area contributed by atoms with E-state index in [4.69, 9.17) is 9.47 Å². The van der Waals surface area contributed by atoms with Crippen molar-refractivity contribution in [2.75, 3.05) is 13.7 Å². The van der Waals surface area contributed by atoms with Crippen LogP contribution in [0.3, 0.4) is 0 Å². The number of rotatable bonds is 7. The van der Waals surface area contributed by atoms with Crippen molar-refractivity contribution in [2.45, 2.75) is 6.54 Å². The minimum Gasteiger partial charge on any atom is -0.496 e. The summed E-state index contributed by atoms with van der Waals surface area (Å²) >= 11 is 0. The van der Waals surface area contributed by atoms with Crippen LogP contribution in [0.1, 0.15) is 5.56 Å². The molecule has 2 rings (SSSR count). The van der Waals surface area contributed by atoms with Crippen molar-refractivity contribution < 1.29 is 28.6 Å². The summed E-state index contributed by atoms with van der Waals surface area (Å²) in [5.74, 6) is 0.227. The van der Waals surface area contributed by atoms with E-state index in [1.54, 1.807) is 19.2 Å². The van der Waals surface area contributed by atoms with Crippen molar-refractivity contribution in [1.29, 1.82) is 0 Å². The molecule has 7 nitrogen and oxygen atoms in total. The summed E-state index contributed by atoms with van der Waals surface area (Å²) in [6.45, 7) is -0.0987. The first-order chi connectivity index (χ1) is 11.4. The summed E-state index contributed by atoms with van der Waals surface area (Å²) in [4.78, 5) is 30.4. The van der Waals surface area contributed by atoms with Gasteiger partial charge in [0.15, 0.2) is 6.61 Å². The van der Waals surface area contributed by atoms with E-state index in [1.807, 2.05) is 18.2 Å². The average Bonchev–Trinajstić information content (AvgIpc) is 2.57. The highest BCUT2D eigenvalue weighted by Crippen LogP contribution is 2.37. The van der Waals surface area contributed by atoms with Gasteiger partial charge in [-0.05, 0) is 18.2 Å². The van der Waals surface area contributed by atoms with Crippen LogP contribution in [0.4, 0.5) is 0 Å². The van der Waals surface area contributed by atoms with Crippen LogP contribution in [0.2, 0.25) is 0 Å². The third-order valence-corrected chi connectivity index (χ3v) is 4.20. The maximum absolute atomic E-state index is 11.9. The Hall–Kier alpha value is -2.34. The first kappa shape index (κ1) is 18.0. The molecule has 0 saturated carbocycles. The Morgan fingerprint density at radius 3 is 2.38 bits per heavy atom. The summed E-state index contributed by atoms with van der Waals surface area (Å²) in [7, 11) is -2.92. The number of methoxy groups -OCH3 is 1. The topological polar surface area (TPSA) is 105 Å². The van der Waals surface area contributed by atoms with E-state index < -0.39 is 13.5 Å². The number of nitrogens with one attached hydrogen (secondary N) is 1. The standard InChI is InChI=1S/C16H18NO6P/c1-22-13-7-3-2-6-12(13)10-17-16(18)11-23-14-8-4-5-9-15(14)24(19,20)21/h2-9H,10-11H2,1H3,(H,17,18)(H2,19,20,21). The van der Waals surface area contributed by atoms with E-state index in [-0.39, 0.29) is 24.2 Å². The number of hydrogen-bond donors (Lipinski definition) is 3. The molecule has 0 atom stereocenters. The molecule has 0 unspecified atom stereocenters. The predicted molar refractivity (Wildman–Crippen MR) is 88.5 cm³/mol. The molecule has 2 aromatic carbocycles. The van der Waals surface area contributed by atoms with Gasteiger partial charge in [0, 0.05) is 12.1 Å². The highest BCUT2D eigenvalue weighted by molar-refractivity contribution is 7.60. The summed E-state index contributed by atoms with van der Waals surface area (Å²) < 4.78 is 21.8. The molecule has 0 saturated heterocycles. The fourth-order valence-electron chi connectivity index (χ4n) is 2.06. The van der Waals surface area contributed by atoms with Crippen molar-refractivity contribution in [3.63, 3.8) is 0 Å². The molecule has 0 heterocycles. The lowest BCUT2D eigenvalue weighted by atomic mass is 10.2. The van der Waals surface area contributed by atoms with Gasteiger partial charge in [0.25, 0.3) is 5.91 Å². The van der Waals surface area contributed by atoms with Gasteiger partial charge in [-0.3, -0.25) is 9.36 Å². The van der Waals surface area contributed by atoms with Gasteiger partial charge >= 0.3 is 7.60 Å². The molecule has 0 aromatic heterocycles. The van der Waals surface area contributed by atoms with E-state index in [0.717, 1.165) is 5.56 Å². The molecule has 0 aliphatic rings. The molecule has 8 heteroatoms. The SMILES string of the molecule is COc1ccccc1CNC(=O)COc1ccccc1P(=O)(O)O. The molecule has 3 N–H and O–H groups in total. The highest BCUT2D eigenvalue weighted by Gasteiger charge is 2.22. The summed E-state index contributed by atoms with van der Waals surface area (Å²) in [6.07, 6.45) is 0. The maximum Gasteiger partial charge on any atom is 0.359 e. The van der Waals surface area contributed by atoms with Crippen LogP contribution >= 0.6 is 7.60 Å². The molecule has 0 radical (unpaired) electrons. The number of amides is 1. The number of benzene rings is 2. The van der Waals surface area contributed by atoms with E-state index in [1.165, 1.54) is 18.2 Å². The van der Waals surface area contributed by atoms with Crippen LogP contribution in [-0.4, -0.2) is 29.4 Å². The number of hydrogen-bond acceptors (Lipinski definition) is 4. The van der Waals surface area contributed by atoms with Crippen LogP contribution in [0.5, 0.6) is 11.5 Å². The zero-order chi connectivity index (χ0) is 17.6. The first-order valence-electron chi connectivity index (χ1n) is 7.08. The van der Waals surface area contributed by atoms with Crippen molar-refractivity contribution in [3.8, 4) is 11.5 Å². The van der Waals surface area contributed by atoms with Crippen molar-refractivity contribution in [1.82, 2.24) is 5.32 Å². The molecule has 0 fully saturated rings. The molecule has 1 amide bonds. The molecule has 0 bridgehead atoms. The third kappa shape index (κ3) is 4.83. The van der Waals surface area contributed by atoms with Gasteiger partial charge in [-0.1, -0.05) is 30.3 Å². The molecule has 24 heavy (non-hydrogen) atoms. The highest BCUT2D eigenvalue weighted by atomic mass is 31.2. The number of ether oxygens (including phenoxy) is 2. The van der Waals surface area contributed by atoms with Crippen LogP contribution in [0.15, 0.2) is 48.5 Å². The molecule has 0 aliphatic carbocycles. The molecule has 0 spiro atoms. The van der Waals surface area contributed by atoms with E-state index in [0.29, 0.717) is 5.75 Å².